The molecule has 0 saturated heterocycles. The van der Waals surface area contributed by atoms with Crippen molar-refractivity contribution in [3.63, 3.8) is 0 Å². The van der Waals surface area contributed by atoms with Crippen molar-refractivity contribution in [2.24, 2.45) is 0 Å². The lowest BCUT2D eigenvalue weighted by Crippen LogP contribution is -2.04. The maximum atomic E-state index is 11.9. The fraction of sp³-hybridized carbons (Fsp3) is 0.343. The van der Waals surface area contributed by atoms with Crippen molar-refractivity contribution >= 4 is 28.3 Å². The topological polar surface area (TPSA) is 66.2 Å². The molecule has 0 bridgehead atoms. The molecule has 0 spiro atoms. The first kappa shape index (κ1) is 29.5. The molecule has 0 unspecified atom stereocenters. The minimum atomic E-state index is -0.334. The van der Waals surface area contributed by atoms with Gasteiger partial charge in [0.2, 0.25) is 0 Å². The fourth-order valence-corrected chi connectivity index (χ4v) is 5.92. The average Bonchev–Trinajstić information content (AvgIpc) is 3.62. The van der Waals surface area contributed by atoms with Crippen LogP contribution >= 0.6 is 11.3 Å². The van der Waals surface area contributed by atoms with E-state index in [-0.39, 0.29) is 5.97 Å². The van der Waals surface area contributed by atoms with Crippen molar-refractivity contribution in [3.05, 3.63) is 99.4 Å². The number of benzene rings is 3. The van der Waals surface area contributed by atoms with Gasteiger partial charge in [0.1, 0.15) is 23.1 Å². The third-order valence-electron chi connectivity index (χ3n) is 7.72. The van der Waals surface area contributed by atoms with Gasteiger partial charge in [0.25, 0.3) is 0 Å². The second-order valence-corrected chi connectivity index (χ2v) is 11.8. The number of fused-ring (bicyclic) bond motifs is 1. The molecule has 2 aromatic heterocycles. The first-order valence-electron chi connectivity index (χ1n) is 14.8. The summed E-state index contributed by atoms with van der Waals surface area (Å²) < 4.78 is 13.3. The van der Waals surface area contributed by atoms with Gasteiger partial charge in [-0.1, -0.05) is 58.0 Å². The second kappa shape index (κ2) is 13.3. The van der Waals surface area contributed by atoms with Crippen LogP contribution in [0.5, 0.6) is 5.75 Å². The van der Waals surface area contributed by atoms with Crippen molar-refractivity contribution in [3.8, 4) is 17.3 Å². The number of ether oxygens (including phenoxy) is 2. The number of carbonyl (C=O) groups excluding carboxylic acids is 1. The number of rotatable bonds is 12. The minimum absolute atomic E-state index is 0.332. The van der Waals surface area contributed by atoms with Crippen LogP contribution in [0.2, 0.25) is 0 Å². The Morgan fingerprint density at radius 1 is 0.905 bits per heavy atom. The van der Waals surface area contributed by atoms with Gasteiger partial charge in [-0.3, -0.25) is 0 Å². The molecule has 0 radical (unpaired) electrons. The molecular weight excluding hydrogens is 542 g/mol. The van der Waals surface area contributed by atoms with Crippen LogP contribution < -0.4 is 4.74 Å². The van der Waals surface area contributed by atoms with Crippen LogP contribution in [-0.4, -0.2) is 27.1 Å². The lowest BCUT2D eigenvalue weighted by atomic mass is 9.94. The van der Waals surface area contributed by atoms with Crippen molar-refractivity contribution in [1.82, 2.24) is 14.5 Å². The third-order valence-corrected chi connectivity index (χ3v) is 8.55. The molecule has 5 rings (SSSR count). The highest BCUT2D eigenvalue weighted by atomic mass is 32.1. The Morgan fingerprint density at radius 3 is 2.29 bits per heavy atom. The van der Waals surface area contributed by atoms with E-state index in [9.17, 15) is 4.79 Å². The van der Waals surface area contributed by atoms with Gasteiger partial charge in [0, 0.05) is 11.9 Å². The molecule has 0 N–H and O–H groups in total. The third kappa shape index (κ3) is 6.57. The van der Waals surface area contributed by atoms with Crippen LogP contribution in [0.1, 0.15) is 91.4 Å². The highest BCUT2D eigenvalue weighted by molar-refractivity contribution is 7.09. The normalized spacial score (nSPS) is 11.5. The second-order valence-electron chi connectivity index (χ2n) is 10.8. The molecule has 218 valence electrons. The Labute approximate surface area is 252 Å². The molecule has 2 heterocycles. The quantitative estimate of drug-likeness (QED) is 0.138. The van der Waals surface area contributed by atoms with Gasteiger partial charge in [-0.25, -0.2) is 14.8 Å². The van der Waals surface area contributed by atoms with E-state index in [1.54, 1.807) is 42.5 Å². The Bertz CT molecular complexity index is 1630. The molecule has 0 aliphatic carbocycles. The summed E-state index contributed by atoms with van der Waals surface area (Å²) in [5, 5.41) is 2.92. The van der Waals surface area contributed by atoms with Crippen LogP contribution in [0.25, 0.3) is 22.6 Å². The number of esters is 1. The molecule has 42 heavy (non-hydrogen) atoms. The molecule has 0 fully saturated rings. The van der Waals surface area contributed by atoms with Crippen molar-refractivity contribution < 1.29 is 14.3 Å². The molecule has 0 amide bonds. The summed E-state index contributed by atoms with van der Waals surface area (Å²) in [6.07, 6.45) is 2.22. The summed E-state index contributed by atoms with van der Waals surface area (Å²) in [6.45, 7) is 12.1. The Balaban J connectivity index is 1.42. The fourth-order valence-electron chi connectivity index (χ4n) is 5.23. The van der Waals surface area contributed by atoms with Crippen LogP contribution in [-0.2, 0) is 17.9 Å². The highest BCUT2D eigenvalue weighted by Crippen LogP contribution is 2.31. The first-order chi connectivity index (χ1) is 20.4. The Morgan fingerprint density at radius 2 is 1.62 bits per heavy atom. The van der Waals surface area contributed by atoms with Crippen molar-refractivity contribution in [1.29, 1.82) is 0 Å². The molecule has 7 heteroatoms. The van der Waals surface area contributed by atoms with Crippen LogP contribution in [0.4, 0.5) is 0 Å². The van der Waals surface area contributed by atoms with Crippen LogP contribution in [0.3, 0.4) is 0 Å². The van der Waals surface area contributed by atoms with E-state index in [1.807, 2.05) is 0 Å². The molecule has 0 atom stereocenters. The summed E-state index contributed by atoms with van der Waals surface area (Å²) in [4.78, 5) is 22.0. The van der Waals surface area contributed by atoms with Gasteiger partial charge < -0.3 is 14.0 Å². The van der Waals surface area contributed by atoms with Gasteiger partial charge in [-0.2, -0.15) is 0 Å². The number of hydrogen-bond donors (Lipinski definition) is 0. The maximum Gasteiger partial charge on any atom is 0.338 e. The van der Waals surface area contributed by atoms with Crippen molar-refractivity contribution in [2.75, 3.05) is 6.61 Å². The number of aromatic nitrogens is 3. The maximum absolute atomic E-state index is 11.9. The SMILES string of the molecule is CCOC(=O)c1ccc(OCc2nc(-c3nc4cc(C(CC)CC)ccc4n3Cc3ccc(C(C)C)cc3)cs2)cc1. The summed E-state index contributed by atoms with van der Waals surface area (Å²) >= 11 is 1.56. The van der Waals surface area contributed by atoms with E-state index in [1.165, 1.54) is 16.7 Å². The predicted octanol–water partition coefficient (Wildman–Crippen LogP) is 8.99. The molecule has 5 aromatic rings. The van der Waals surface area contributed by atoms with Gasteiger partial charge in [-0.05, 0) is 84.7 Å². The van der Waals surface area contributed by atoms with E-state index in [0.29, 0.717) is 42.9 Å². The average molecular weight is 582 g/mol. The standard InChI is InChI=1S/C35H39N3O3S/c1-6-25(7-2)28-15-18-32-30(19-28)37-34(38(32)20-24-9-11-26(12-10-24)23(4)5)31-22-42-33(36-31)21-41-29-16-13-27(14-17-29)35(39)40-8-3/h9-19,22-23,25H,6-8,20-21H2,1-5H3. The number of hydrogen-bond acceptors (Lipinski definition) is 6. The summed E-state index contributed by atoms with van der Waals surface area (Å²) in [6, 6.07) is 22.6. The number of imidazole rings is 1. The molecule has 0 aliphatic rings. The molecular formula is C35H39N3O3S. The zero-order valence-corrected chi connectivity index (χ0v) is 25.9. The Kier molecular flexibility index (Phi) is 9.38. The van der Waals surface area contributed by atoms with Crippen LogP contribution in [0.15, 0.2) is 72.1 Å². The summed E-state index contributed by atoms with van der Waals surface area (Å²) in [7, 11) is 0. The monoisotopic (exact) mass is 581 g/mol. The zero-order valence-electron chi connectivity index (χ0n) is 25.1. The first-order valence-corrected chi connectivity index (χ1v) is 15.7. The lowest BCUT2D eigenvalue weighted by Gasteiger charge is -2.13. The molecule has 6 nitrogen and oxygen atoms in total. The largest absolute Gasteiger partial charge is 0.486 e. The highest BCUT2D eigenvalue weighted by Gasteiger charge is 2.18. The summed E-state index contributed by atoms with van der Waals surface area (Å²) in [5.74, 6) is 2.23. The lowest BCUT2D eigenvalue weighted by molar-refractivity contribution is 0.0526. The van der Waals surface area contributed by atoms with E-state index in [2.05, 4.69) is 80.1 Å². The zero-order chi connectivity index (χ0) is 29.6. The van der Waals surface area contributed by atoms with Gasteiger partial charge in [0.05, 0.1) is 23.2 Å². The minimum Gasteiger partial charge on any atom is -0.486 e. The van der Waals surface area contributed by atoms with E-state index in [4.69, 9.17) is 19.4 Å². The molecule has 3 aromatic carbocycles. The number of thiazole rings is 1. The number of carbonyl (C=O) groups is 1. The predicted molar refractivity (Wildman–Crippen MR) is 171 cm³/mol. The number of nitrogens with zero attached hydrogens (tertiary/aromatic N) is 3. The van der Waals surface area contributed by atoms with Gasteiger partial charge >= 0.3 is 5.97 Å². The van der Waals surface area contributed by atoms with Crippen LogP contribution in [0, 0.1) is 0 Å². The van der Waals surface area contributed by atoms with E-state index >= 15 is 0 Å². The van der Waals surface area contributed by atoms with Gasteiger partial charge in [0.15, 0.2) is 5.82 Å². The van der Waals surface area contributed by atoms with Gasteiger partial charge in [-0.15, -0.1) is 11.3 Å². The van der Waals surface area contributed by atoms with E-state index in [0.717, 1.165) is 40.4 Å². The van der Waals surface area contributed by atoms with Crippen molar-refractivity contribution in [2.45, 2.75) is 72.4 Å². The Hall–Kier alpha value is -3.97. The molecule has 0 aliphatic heterocycles. The van der Waals surface area contributed by atoms with E-state index < -0.39 is 0 Å². The molecule has 0 saturated carbocycles. The smallest absolute Gasteiger partial charge is 0.338 e. The summed E-state index contributed by atoms with van der Waals surface area (Å²) in [5.41, 5.74) is 7.37.